The van der Waals surface area contributed by atoms with Gasteiger partial charge in [0.2, 0.25) is 0 Å². The predicted octanol–water partition coefficient (Wildman–Crippen LogP) is 3.37. The van der Waals surface area contributed by atoms with E-state index in [1.165, 1.54) is 6.07 Å². The molecule has 0 fully saturated rings. The van der Waals surface area contributed by atoms with Gasteiger partial charge in [-0.15, -0.1) is 0 Å². The fourth-order valence-electron chi connectivity index (χ4n) is 1.88. The average Bonchev–Trinajstić information content (AvgIpc) is 2.34. The van der Waals surface area contributed by atoms with Gasteiger partial charge >= 0.3 is 0 Å². The second-order valence-corrected chi connectivity index (χ2v) is 4.36. The summed E-state index contributed by atoms with van der Waals surface area (Å²) in [4.78, 5) is 0. The number of nitrogens with two attached hydrogens (primary N) is 1. The molecule has 2 aromatic carbocycles. The van der Waals surface area contributed by atoms with Gasteiger partial charge in [0, 0.05) is 6.54 Å². The second-order valence-electron chi connectivity index (χ2n) is 4.36. The van der Waals surface area contributed by atoms with Crippen LogP contribution in [0.3, 0.4) is 0 Å². The molecule has 3 heteroatoms. The summed E-state index contributed by atoms with van der Waals surface area (Å²) in [6, 6.07) is 12.7. The maximum Gasteiger partial charge on any atom is 0.126 e. The first kappa shape index (κ1) is 12.4. The van der Waals surface area contributed by atoms with Gasteiger partial charge in [0.25, 0.3) is 0 Å². The summed E-state index contributed by atoms with van der Waals surface area (Å²) in [6.07, 6.45) is 0.639. The van der Waals surface area contributed by atoms with Crippen molar-refractivity contribution in [1.82, 2.24) is 0 Å². The van der Waals surface area contributed by atoms with Crippen LogP contribution in [0.5, 0.6) is 0 Å². The van der Waals surface area contributed by atoms with Gasteiger partial charge in [-0.25, -0.2) is 4.39 Å². The standard InChI is InChI=1S/C15H17FN2/c1-11-6-7-15(14(17)10-11)18-9-8-12-4-2-3-5-13(12)16/h2-7,10,18H,8-9,17H2,1H3. The van der Waals surface area contributed by atoms with E-state index >= 15 is 0 Å². The molecule has 3 N–H and O–H groups in total. The zero-order valence-electron chi connectivity index (χ0n) is 10.4. The molecule has 2 rings (SSSR count). The predicted molar refractivity (Wildman–Crippen MR) is 74.2 cm³/mol. The lowest BCUT2D eigenvalue weighted by Gasteiger charge is -2.10. The van der Waals surface area contributed by atoms with Crippen molar-refractivity contribution in [1.29, 1.82) is 0 Å². The van der Waals surface area contributed by atoms with Crippen LogP contribution in [-0.4, -0.2) is 6.54 Å². The Kier molecular flexibility index (Phi) is 3.82. The first-order valence-corrected chi connectivity index (χ1v) is 6.00. The average molecular weight is 244 g/mol. The Morgan fingerprint density at radius 1 is 1.17 bits per heavy atom. The van der Waals surface area contributed by atoms with Crippen LogP contribution in [0.4, 0.5) is 15.8 Å². The summed E-state index contributed by atoms with van der Waals surface area (Å²) in [5.41, 5.74) is 9.37. The molecule has 2 nitrogen and oxygen atoms in total. The molecule has 2 aromatic rings. The molecule has 0 amide bonds. The van der Waals surface area contributed by atoms with Crippen LogP contribution in [0.2, 0.25) is 0 Å². The van der Waals surface area contributed by atoms with E-state index in [1.807, 2.05) is 31.2 Å². The lowest BCUT2D eigenvalue weighted by Crippen LogP contribution is -2.07. The molecule has 0 heterocycles. The van der Waals surface area contributed by atoms with Crippen molar-refractivity contribution in [2.24, 2.45) is 0 Å². The Morgan fingerprint density at radius 2 is 1.94 bits per heavy atom. The number of nitrogens with one attached hydrogen (secondary N) is 1. The normalized spacial score (nSPS) is 10.3. The van der Waals surface area contributed by atoms with Crippen molar-refractivity contribution in [2.75, 3.05) is 17.6 Å². The van der Waals surface area contributed by atoms with Crippen molar-refractivity contribution < 1.29 is 4.39 Å². The maximum absolute atomic E-state index is 13.4. The third-order valence-electron chi connectivity index (χ3n) is 2.87. The Labute approximate surface area is 107 Å². The SMILES string of the molecule is Cc1ccc(NCCc2ccccc2F)c(N)c1. The van der Waals surface area contributed by atoms with Crippen LogP contribution in [0.1, 0.15) is 11.1 Å². The number of halogens is 1. The lowest BCUT2D eigenvalue weighted by atomic mass is 10.1. The smallest absolute Gasteiger partial charge is 0.126 e. The van der Waals surface area contributed by atoms with Gasteiger partial charge in [-0.1, -0.05) is 24.3 Å². The molecule has 0 saturated carbocycles. The van der Waals surface area contributed by atoms with E-state index in [2.05, 4.69) is 5.32 Å². The molecule has 0 unspecified atom stereocenters. The molecule has 18 heavy (non-hydrogen) atoms. The zero-order chi connectivity index (χ0) is 13.0. The fraction of sp³-hybridized carbons (Fsp3) is 0.200. The highest BCUT2D eigenvalue weighted by atomic mass is 19.1. The third kappa shape index (κ3) is 3.00. The summed E-state index contributed by atoms with van der Waals surface area (Å²) in [6.45, 7) is 2.66. The number of hydrogen-bond donors (Lipinski definition) is 2. The monoisotopic (exact) mass is 244 g/mol. The third-order valence-corrected chi connectivity index (χ3v) is 2.87. The van der Waals surface area contributed by atoms with Gasteiger partial charge in [-0.3, -0.25) is 0 Å². The molecule has 94 valence electrons. The molecule has 0 bridgehead atoms. The van der Waals surface area contributed by atoms with Gasteiger partial charge in [0.05, 0.1) is 11.4 Å². The summed E-state index contributed by atoms with van der Waals surface area (Å²) < 4.78 is 13.4. The Morgan fingerprint density at radius 3 is 2.67 bits per heavy atom. The number of anilines is 2. The van der Waals surface area contributed by atoms with Crippen LogP contribution in [0.25, 0.3) is 0 Å². The number of aryl methyl sites for hydroxylation is 1. The molecular weight excluding hydrogens is 227 g/mol. The first-order valence-electron chi connectivity index (χ1n) is 6.00. The molecule has 0 radical (unpaired) electrons. The minimum absolute atomic E-state index is 0.156. The molecular formula is C15H17FN2. The summed E-state index contributed by atoms with van der Waals surface area (Å²) >= 11 is 0. The largest absolute Gasteiger partial charge is 0.397 e. The zero-order valence-corrected chi connectivity index (χ0v) is 10.4. The maximum atomic E-state index is 13.4. The van der Waals surface area contributed by atoms with Gasteiger partial charge < -0.3 is 11.1 Å². The number of rotatable bonds is 4. The van der Waals surface area contributed by atoms with Crippen molar-refractivity contribution >= 4 is 11.4 Å². The van der Waals surface area contributed by atoms with Crippen LogP contribution in [0, 0.1) is 12.7 Å². The summed E-state index contributed by atoms with van der Waals surface area (Å²) in [5.74, 6) is -0.156. The van der Waals surface area contributed by atoms with E-state index < -0.39 is 0 Å². The lowest BCUT2D eigenvalue weighted by molar-refractivity contribution is 0.610. The van der Waals surface area contributed by atoms with Gasteiger partial charge in [0.15, 0.2) is 0 Å². The number of hydrogen-bond acceptors (Lipinski definition) is 2. The summed E-state index contributed by atoms with van der Waals surface area (Å²) in [7, 11) is 0. The minimum Gasteiger partial charge on any atom is -0.397 e. The van der Waals surface area contributed by atoms with Gasteiger partial charge in [0.1, 0.15) is 5.82 Å². The van der Waals surface area contributed by atoms with Crippen LogP contribution in [-0.2, 0) is 6.42 Å². The molecule has 0 atom stereocenters. The topological polar surface area (TPSA) is 38.0 Å². The fourth-order valence-corrected chi connectivity index (χ4v) is 1.88. The van der Waals surface area contributed by atoms with E-state index in [-0.39, 0.29) is 5.82 Å². The van der Waals surface area contributed by atoms with Crippen molar-refractivity contribution in [3.8, 4) is 0 Å². The molecule has 0 spiro atoms. The van der Waals surface area contributed by atoms with E-state index in [4.69, 9.17) is 5.73 Å². The second kappa shape index (κ2) is 5.54. The quantitative estimate of drug-likeness (QED) is 0.809. The van der Waals surface area contributed by atoms with E-state index in [1.54, 1.807) is 12.1 Å². The van der Waals surface area contributed by atoms with Crippen LogP contribution in [0.15, 0.2) is 42.5 Å². The highest BCUT2D eigenvalue weighted by molar-refractivity contribution is 5.66. The number of nitrogen functional groups attached to an aromatic ring is 1. The minimum atomic E-state index is -0.156. The molecule has 0 aliphatic rings. The van der Waals surface area contributed by atoms with Crippen LogP contribution < -0.4 is 11.1 Å². The Bertz CT molecular complexity index is 538. The van der Waals surface area contributed by atoms with E-state index in [0.29, 0.717) is 13.0 Å². The van der Waals surface area contributed by atoms with E-state index in [0.717, 1.165) is 22.5 Å². The first-order chi connectivity index (χ1) is 8.66. The number of benzene rings is 2. The molecule has 0 saturated heterocycles. The van der Waals surface area contributed by atoms with Crippen molar-refractivity contribution in [2.45, 2.75) is 13.3 Å². The highest BCUT2D eigenvalue weighted by Crippen LogP contribution is 2.19. The van der Waals surface area contributed by atoms with Gasteiger partial charge in [-0.05, 0) is 42.7 Å². The molecule has 0 aromatic heterocycles. The highest BCUT2D eigenvalue weighted by Gasteiger charge is 2.01. The van der Waals surface area contributed by atoms with Crippen molar-refractivity contribution in [3.63, 3.8) is 0 Å². The molecule has 0 aliphatic carbocycles. The van der Waals surface area contributed by atoms with E-state index in [9.17, 15) is 4.39 Å². The Balaban J connectivity index is 1.95. The molecule has 0 aliphatic heterocycles. The summed E-state index contributed by atoms with van der Waals surface area (Å²) in [5, 5.41) is 3.22. The van der Waals surface area contributed by atoms with Crippen LogP contribution >= 0.6 is 0 Å². The Hall–Kier alpha value is -2.03. The van der Waals surface area contributed by atoms with Crippen molar-refractivity contribution in [3.05, 3.63) is 59.4 Å². The van der Waals surface area contributed by atoms with Gasteiger partial charge in [-0.2, -0.15) is 0 Å².